The highest BCUT2D eigenvalue weighted by atomic mass is 79.9. The van der Waals surface area contributed by atoms with Crippen molar-refractivity contribution in [1.82, 2.24) is 5.32 Å². The number of amides is 1. The second-order valence-electron chi connectivity index (χ2n) is 4.04. The maximum absolute atomic E-state index is 11.4. The molecule has 0 radical (unpaired) electrons. The molecule has 0 spiro atoms. The molecule has 1 rings (SSSR count). The Hall–Kier alpha value is -1.03. The van der Waals surface area contributed by atoms with E-state index >= 15 is 0 Å². The Morgan fingerprint density at radius 1 is 1.44 bits per heavy atom. The molecular formula is C12H17BrN2O. The van der Waals surface area contributed by atoms with Crippen LogP contribution in [0, 0.1) is 6.92 Å². The predicted octanol–water partition coefficient (Wildman–Crippen LogP) is 2.69. The number of nitrogens with one attached hydrogen (secondary N) is 2. The average Bonchev–Trinajstić information content (AvgIpc) is 2.18. The van der Waals surface area contributed by atoms with Crippen molar-refractivity contribution in [2.45, 2.75) is 26.8 Å². The topological polar surface area (TPSA) is 41.1 Å². The van der Waals surface area contributed by atoms with Gasteiger partial charge in [0, 0.05) is 16.2 Å². The molecule has 0 aromatic heterocycles. The minimum absolute atomic E-state index is 0.00868. The Balaban J connectivity index is 2.54. The van der Waals surface area contributed by atoms with Crippen LogP contribution in [-0.4, -0.2) is 18.5 Å². The molecule has 1 aromatic carbocycles. The third-order valence-corrected chi connectivity index (χ3v) is 2.58. The van der Waals surface area contributed by atoms with Gasteiger partial charge in [-0.2, -0.15) is 0 Å². The second-order valence-corrected chi connectivity index (χ2v) is 4.95. The van der Waals surface area contributed by atoms with Crippen molar-refractivity contribution in [1.29, 1.82) is 0 Å². The summed E-state index contributed by atoms with van der Waals surface area (Å²) in [5, 5.41) is 5.95. The summed E-state index contributed by atoms with van der Waals surface area (Å²) < 4.78 is 1.00. The monoisotopic (exact) mass is 284 g/mol. The zero-order chi connectivity index (χ0) is 12.1. The standard InChI is InChI=1S/C12H17BrN2O/c1-8(2)15-12(16)7-14-11-6-10(13)5-4-9(11)3/h4-6,8,14H,7H2,1-3H3,(H,15,16). The lowest BCUT2D eigenvalue weighted by Gasteiger charge is -2.12. The molecule has 1 aromatic rings. The molecule has 0 atom stereocenters. The van der Waals surface area contributed by atoms with Crippen LogP contribution in [0.2, 0.25) is 0 Å². The van der Waals surface area contributed by atoms with Crippen molar-refractivity contribution in [2.24, 2.45) is 0 Å². The summed E-state index contributed by atoms with van der Waals surface area (Å²) in [5.41, 5.74) is 2.11. The quantitative estimate of drug-likeness (QED) is 0.893. The Morgan fingerprint density at radius 3 is 2.75 bits per heavy atom. The van der Waals surface area contributed by atoms with Gasteiger partial charge in [-0.15, -0.1) is 0 Å². The molecule has 0 unspecified atom stereocenters. The fraction of sp³-hybridized carbons (Fsp3) is 0.417. The van der Waals surface area contributed by atoms with Crippen LogP contribution in [-0.2, 0) is 4.79 Å². The van der Waals surface area contributed by atoms with E-state index in [2.05, 4.69) is 26.6 Å². The third-order valence-electron chi connectivity index (χ3n) is 2.09. The van der Waals surface area contributed by atoms with E-state index in [0.717, 1.165) is 15.7 Å². The molecule has 0 aliphatic heterocycles. The van der Waals surface area contributed by atoms with Crippen molar-refractivity contribution in [3.8, 4) is 0 Å². The van der Waals surface area contributed by atoms with Gasteiger partial charge in [0.05, 0.1) is 6.54 Å². The summed E-state index contributed by atoms with van der Waals surface area (Å²) in [6.07, 6.45) is 0. The lowest BCUT2D eigenvalue weighted by atomic mass is 10.2. The van der Waals surface area contributed by atoms with Crippen LogP contribution in [0.5, 0.6) is 0 Å². The van der Waals surface area contributed by atoms with Crippen LogP contribution in [0.4, 0.5) is 5.69 Å². The Morgan fingerprint density at radius 2 is 2.12 bits per heavy atom. The summed E-state index contributed by atoms with van der Waals surface area (Å²) >= 11 is 3.40. The molecule has 0 heterocycles. The molecule has 0 aliphatic rings. The van der Waals surface area contributed by atoms with E-state index in [4.69, 9.17) is 0 Å². The summed E-state index contributed by atoms with van der Waals surface area (Å²) in [5.74, 6) is 0.00868. The molecule has 0 aliphatic carbocycles. The molecule has 0 saturated heterocycles. The Kier molecular flexibility index (Phi) is 4.80. The zero-order valence-electron chi connectivity index (χ0n) is 9.80. The molecule has 88 valence electrons. The molecule has 0 saturated carbocycles. The summed E-state index contributed by atoms with van der Waals surface area (Å²) in [4.78, 5) is 11.4. The number of halogens is 1. The average molecular weight is 285 g/mol. The Bertz CT molecular complexity index is 377. The number of aryl methyl sites for hydroxylation is 1. The van der Waals surface area contributed by atoms with Gasteiger partial charge < -0.3 is 10.6 Å². The highest BCUT2D eigenvalue weighted by molar-refractivity contribution is 9.10. The minimum atomic E-state index is 0.00868. The molecule has 0 bridgehead atoms. The largest absolute Gasteiger partial charge is 0.376 e. The number of carbonyl (C=O) groups excluding carboxylic acids is 1. The first-order valence-electron chi connectivity index (χ1n) is 5.28. The highest BCUT2D eigenvalue weighted by Gasteiger charge is 2.04. The van der Waals surface area contributed by atoms with Gasteiger partial charge >= 0.3 is 0 Å². The van der Waals surface area contributed by atoms with E-state index < -0.39 is 0 Å². The van der Waals surface area contributed by atoms with Crippen LogP contribution in [0.25, 0.3) is 0 Å². The van der Waals surface area contributed by atoms with Crippen LogP contribution in [0.3, 0.4) is 0 Å². The number of carbonyl (C=O) groups is 1. The van der Waals surface area contributed by atoms with Crippen LogP contribution in [0.15, 0.2) is 22.7 Å². The maximum Gasteiger partial charge on any atom is 0.239 e. The van der Waals surface area contributed by atoms with Crippen LogP contribution in [0.1, 0.15) is 19.4 Å². The fourth-order valence-corrected chi connectivity index (χ4v) is 1.69. The number of benzene rings is 1. The number of anilines is 1. The molecule has 1 amide bonds. The summed E-state index contributed by atoms with van der Waals surface area (Å²) in [6, 6.07) is 6.14. The van der Waals surface area contributed by atoms with E-state index in [1.165, 1.54) is 0 Å². The zero-order valence-corrected chi connectivity index (χ0v) is 11.4. The lowest BCUT2D eigenvalue weighted by molar-refractivity contribution is -0.119. The molecule has 0 fully saturated rings. The van der Waals surface area contributed by atoms with Crippen molar-refractivity contribution >= 4 is 27.5 Å². The van der Waals surface area contributed by atoms with Crippen molar-refractivity contribution in [3.63, 3.8) is 0 Å². The summed E-state index contributed by atoms with van der Waals surface area (Å²) in [7, 11) is 0. The van der Waals surface area contributed by atoms with Gasteiger partial charge in [-0.05, 0) is 38.5 Å². The first kappa shape index (κ1) is 13.0. The van der Waals surface area contributed by atoms with Crippen LogP contribution < -0.4 is 10.6 Å². The van der Waals surface area contributed by atoms with Crippen molar-refractivity contribution in [2.75, 3.05) is 11.9 Å². The number of hydrogen-bond donors (Lipinski definition) is 2. The normalized spacial score (nSPS) is 10.3. The van der Waals surface area contributed by atoms with Gasteiger partial charge in [0.2, 0.25) is 5.91 Å². The van der Waals surface area contributed by atoms with Gasteiger partial charge in [0.25, 0.3) is 0 Å². The SMILES string of the molecule is Cc1ccc(Br)cc1NCC(=O)NC(C)C. The number of rotatable bonds is 4. The molecule has 4 heteroatoms. The minimum Gasteiger partial charge on any atom is -0.376 e. The van der Waals surface area contributed by atoms with Gasteiger partial charge in [-0.1, -0.05) is 22.0 Å². The first-order chi connectivity index (χ1) is 7.49. The second kappa shape index (κ2) is 5.89. The van der Waals surface area contributed by atoms with Gasteiger partial charge in [0.1, 0.15) is 0 Å². The Labute approximate surface area is 105 Å². The molecule has 16 heavy (non-hydrogen) atoms. The third kappa shape index (κ3) is 4.23. The summed E-state index contributed by atoms with van der Waals surface area (Å²) in [6.45, 7) is 6.20. The maximum atomic E-state index is 11.4. The van der Waals surface area contributed by atoms with Gasteiger partial charge in [0.15, 0.2) is 0 Å². The van der Waals surface area contributed by atoms with Gasteiger partial charge in [-0.3, -0.25) is 4.79 Å². The molecular weight excluding hydrogens is 268 g/mol. The van der Waals surface area contributed by atoms with E-state index in [9.17, 15) is 4.79 Å². The van der Waals surface area contributed by atoms with Crippen molar-refractivity contribution < 1.29 is 4.79 Å². The highest BCUT2D eigenvalue weighted by Crippen LogP contribution is 2.20. The van der Waals surface area contributed by atoms with E-state index in [-0.39, 0.29) is 11.9 Å². The van der Waals surface area contributed by atoms with E-state index in [1.54, 1.807) is 0 Å². The van der Waals surface area contributed by atoms with E-state index in [0.29, 0.717) is 6.54 Å². The smallest absolute Gasteiger partial charge is 0.239 e. The van der Waals surface area contributed by atoms with E-state index in [1.807, 2.05) is 39.0 Å². The van der Waals surface area contributed by atoms with Crippen LogP contribution >= 0.6 is 15.9 Å². The van der Waals surface area contributed by atoms with Crippen molar-refractivity contribution in [3.05, 3.63) is 28.2 Å². The predicted molar refractivity (Wildman–Crippen MR) is 70.6 cm³/mol. The fourth-order valence-electron chi connectivity index (χ4n) is 1.33. The molecule has 3 nitrogen and oxygen atoms in total. The van der Waals surface area contributed by atoms with Gasteiger partial charge in [-0.25, -0.2) is 0 Å². The first-order valence-corrected chi connectivity index (χ1v) is 6.07. The number of hydrogen-bond acceptors (Lipinski definition) is 2. The molecule has 2 N–H and O–H groups in total. The lowest BCUT2D eigenvalue weighted by Crippen LogP contribution is -2.34.